The Hall–Kier alpha value is -3.11. The van der Waals surface area contributed by atoms with Crippen LogP contribution in [0.25, 0.3) is 0 Å². The van der Waals surface area contributed by atoms with E-state index in [1.165, 1.54) is 0 Å². The van der Waals surface area contributed by atoms with Crippen LogP contribution in [0.3, 0.4) is 0 Å². The van der Waals surface area contributed by atoms with Crippen LogP contribution in [-0.4, -0.2) is 38.3 Å². The molecule has 2 heterocycles. The number of rotatable bonds is 3. The van der Waals surface area contributed by atoms with Gasteiger partial charge in [-0.25, -0.2) is 0 Å². The summed E-state index contributed by atoms with van der Waals surface area (Å²) in [5, 5.41) is 12.7. The number of piperazine rings is 1. The van der Waals surface area contributed by atoms with Gasteiger partial charge in [-0.2, -0.15) is 5.26 Å². The van der Waals surface area contributed by atoms with E-state index in [0.717, 1.165) is 29.1 Å². The average molecular weight is 365 g/mol. The van der Waals surface area contributed by atoms with Gasteiger partial charge in [0.15, 0.2) is 0 Å². The van der Waals surface area contributed by atoms with Crippen LogP contribution in [0.1, 0.15) is 25.3 Å². The maximum absolute atomic E-state index is 12.1. The summed E-state index contributed by atoms with van der Waals surface area (Å²) in [6.45, 7) is 5.46. The number of anilines is 1. The molecule has 0 spiro atoms. The number of allylic oxidation sites excluding steroid dienone is 3. The number of hydrogen-bond acceptors (Lipinski definition) is 6. The molecule has 1 unspecified atom stereocenters. The van der Waals surface area contributed by atoms with Crippen molar-refractivity contribution in [3.05, 3.63) is 52.6 Å². The first-order chi connectivity index (χ1) is 13.0. The Bertz CT molecular complexity index is 890. The van der Waals surface area contributed by atoms with Crippen LogP contribution in [0.2, 0.25) is 0 Å². The number of nitriles is 1. The second kappa shape index (κ2) is 7.64. The predicted molar refractivity (Wildman–Crippen MR) is 104 cm³/mol. The Morgan fingerprint density at radius 1 is 1.41 bits per heavy atom. The second-order valence-corrected chi connectivity index (χ2v) is 6.52. The summed E-state index contributed by atoms with van der Waals surface area (Å²) in [6.07, 6.45) is 0. The molecule has 2 aliphatic heterocycles. The van der Waals surface area contributed by atoms with E-state index in [-0.39, 0.29) is 17.7 Å². The van der Waals surface area contributed by atoms with E-state index in [0.29, 0.717) is 24.4 Å². The lowest BCUT2D eigenvalue weighted by Gasteiger charge is -2.30. The van der Waals surface area contributed by atoms with Gasteiger partial charge in [-0.05, 0) is 31.5 Å². The summed E-state index contributed by atoms with van der Waals surface area (Å²) in [5.74, 6) is 0.461. The predicted octanol–water partition coefficient (Wildman–Crippen LogP) is 1.80. The molecule has 1 aromatic rings. The third kappa shape index (κ3) is 3.44. The first kappa shape index (κ1) is 18.7. The highest BCUT2D eigenvalue weighted by atomic mass is 16.5. The molecule has 0 radical (unpaired) electrons. The first-order valence-corrected chi connectivity index (χ1v) is 8.81. The third-order valence-corrected chi connectivity index (χ3v) is 4.96. The largest absolute Gasteiger partial charge is 0.445 e. The van der Waals surface area contributed by atoms with Gasteiger partial charge >= 0.3 is 0 Å². The number of nitrogens with two attached hydrogens (primary N) is 1. The normalized spacial score (nSPS) is 21.3. The zero-order valence-electron chi connectivity index (χ0n) is 15.7. The Kier molecular flexibility index (Phi) is 5.28. The van der Waals surface area contributed by atoms with E-state index < -0.39 is 0 Å². The molecule has 7 heteroatoms. The van der Waals surface area contributed by atoms with Gasteiger partial charge in [0.1, 0.15) is 17.4 Å². The first-order valence-electron chi connectivity index (χ1n) is 8.81. The van der Waals surface area contributed by atoms with Crippen molar-refractivity contribution in [3.63, 3.8) is 0 Å². The molecule has 3 N–H and O–H groups in total. The zero-order chi connectivity index (χ0) is 19.6. The summed E-state index contributed by atoms with van der Waals surface area (Å²) in [5.41, 5.74) is 9.72. The fraction of sp³-hybridized carbons (Fsp3) is 0.350. The van der Waals surface area contributed by atoms with Gasteiger partial charge < -0.3 is 20.7 Å². The van der Waals surface area contributed by atoms with Crippen LogP contribution in [0.15, 0.2) is 52.0 Å². The lowest BCUT2D eigenvalue weighted by Crippen LogP contribution is -2.48. The van der Waals surface area contributed by atoms with Gasteiger partial charge in [-0.15, -0.1) is 0 Å². The van der Waals surface area contributed by atoms with Gasteiger partial charge in [0.25, 0.3) is 0 Å². The number of hydrogen-bond donors (Lipinski definition) is 2. The van der Waals surface area contributed by atoms with Gasteiger partial charge in [-0.1, -0.05) is 12.1 Å². The third-order valence-electron chi connectivity index (χ3n) is 4.96. The van der Waals surface area contributed by atoms with Crippen LogP contribution in [-0.2, 0) is 9.53 Å². The van der Waals surface area contributed by atoms with Crippen LogP contribution < -0.4 is 16.0 Å². The molecule has 0 saturated carbocycles. The van der Waals surface area contributed by atoms with Crippen LogP contribution in [0.5, 0.6) is 0 Å². The van der Waals surface area contributed by atoms with Gasteiger partial charge in [0.2, 0.25) is 11.8 Å². The van der Waals surface area contributed by atoms with E-state index in [4.69, 9.17) is 10.5 Å². The Morgan fingerprint density at radius 2 is 2.11 bits per heavy atom. The summed E-state index contributed by atoms with van der Waals surface area (Å²) >= 11 is 0. The smallest absolute Gasteiger partial charge is 0.240 e. The number of amides is 1. The molecule has 1 fully saturated rings. The van der Waals surface area contributed by atoms with Crippen molar-refractivity contribution in [1.29, 1.82) is 5.26 Å². The van der Waals surface area contributed by atoms with Crippen molar-refractivity contribution in [2.24, 2.45) is 10.7 Å². The van der Waals surface area contributed by atoms with E-state index in [1.807, 2.05) is 38.1 Å². The van der Waals surface area contributed by atoms with Crippen LogP contribution >= 0.6 is 0 Å². The SMILES string of the molecule is CN=C(C)C1=C(C)OC(N)=C(C#N)C1c1ccc(N2CCNCC2=O)cc1. The number of nitrogens with zero attached hydrogens (tertiary/aromatic N) is 3. The quantitative estimate of drug-likeness (QED) is 0.795. The van der Waals surface area contributed by atoms with Crippen molar-refractivity contribution < 1.29 is 9.53 Å². The number of ether oxygens (including phenoxy) is 1. The Morgan fingerprint density at radius 3 is 2.70 bits per heavy atom. The molecule has 2 aliphatic rings. The van der Waals surface area contributed by atoms with Crippen LogP contribution in [0, 0.1) is 11.3 Å². The van der Waals surface area contributed by atoms with Gasteiger partial charge in [-0.3, -0.25) is 9.79 Å². The van der Waals surface area contributed by atoms with E-state index in [2.05, 4.69) is 16.4 Å². The van der Waals surface area contributed by atoms with Crippen molar-refractivity contribution in [1.82, 2.24) is 5.32 Å². The van der Waals surface area contributed by atoms with Gasteiger partial charge in [0, 0.05) is 37.1 Å². The minimum atomic E-state index is -0.347. The zero-order valence-corrected chi connectivity index (χ0v) is 15.7. The highest BCUT2D eigenvalue weighted by molar-refractivity contribution is 6.01. The molecule has 27 heavy (non-hydrogen) atoms. The molecule has 1 aromatic carbocycles. The topological polar surface area (TPSA) is 104 Å². The molecule has 1 amide bonds. The summed E-state index contributed by atoms with van der Waals surface area (Å²) in [6, 6.07) is 9.86. The monoisotopic (exact) mass is 365 g/mol. The number of benzene rings is 1. The average Bonchev–Trinajstić information content (AvgIpc) is 2.67. The van der Waals surface area contributed by atoms with Crippen LogP contribution in [0.4, 0.5) is 5.69 Å². The summed E-state index contributed by atoms with van der Waals surface area (Å²) < 4.78 is 5.58. The van der Waals surface area contributed by atoms with E-state index >= 15 is 0 Å². The highest BCUT2D eigenvalue weighted by Crippen LogP contribution is 2.40. The van der Waals surface area contributed by atoms with Crippen molar-refractivity contribution in [2.75, 3.05) is 31.6 Å². The number of aliphatic imine (C=N–C) groups is 1. The molecule has 0 aliphatic carbocycles. The number of carbonyl (C=O) groups excluding carboxylic acids is 1. The number of carbonyl (C=O) groups is 1. The fourth-order valence-electron chi connectivity index (χ4n) is 3.53. The molecule has 0 bridgehead atoms. The van der Waals surface area contributed by atoms with E-state index in [1.54, 1.807) is 11.9 Å². The lowest BCUT2D eigenvalue weighted by atomic mass is 9.81. The maximum Gasteiger partial charge on any atom is 0.240 e. The lowest BCUT2D eigenvalue weighted by molar-refractivity contribution is -0.118. The molecule has 1 saturated heterocycles. The van der Waals surface area contributed by atoms with E-state index in [9.17, 15) is 10.1 Å². The fourth-order valence-corrected chi connectivity index (χ4v) is 3.53. The van der Waals surface area contributed by atoms with Crippen molar-refractivity contribution in [2.45, 2.75) is 19.8 Å². The molecule has 140 valence electrons. The minimum absolute atomic E-state index is 0.0484. The summed E-state index contributed by atoms with van der Waals surface area (Å²) in [7, 11) is 1.71. The Labute approximate surface area is 158 Å². The van der Waals surface area contributed by atoms with Crippen molar-refractivity contribution >= 4 is 17.3 Å². The molecule has 7 nitrogen and oxygen atoms in total. The minimum Gasteiger partial charge on any atom is -0.445 e. The van der Waals surface area contributed by atoms with Crippen molar-refractivity contribution in [3.8, 4) is 6.07 Å². The number of nitrogens with one attached hydrogen (secondary N) is 1. The second-order valence-electron chi connectivity index (χ2n) is 6.52. The molecule has 1 atom stereocenters. The molecular weight excluding hydrogens is 342 g/mol. The Balaban J connectivity index is 2.02. The molecular formula is C20H23N5O2. The molecule has 3 rings (SSSR count). The summed E-state index contributed by atoms with van der Waals surface area (Å²) in [4.78, 5) is 18.1. The standard InChI is InChI=1S/C20H23N5O2/c1-12(23-3)18-13(2)27-20(22)16(10-21)19(18)14-4-6-15(7-5-14)25-9-8-24-11-17(25)26/h4-7,19,24H,8-9,11,22H2,1-3H3. The highest BCUT2D eigenvalue weighted by Gasteiger charge is 2.33. The molecule has 0 aromatic heterocycles. The van der Waals surface area contributed by atoms with Gasteiger partial charge in [0.05, 0.1) is 12.5 Å². The maximum atomic E-state index is 12.1.